The van der Waals surface area contributed by atoms with E-state index in [2.05, 4.69) is 15.3 Å². The zero-order valence-electron chi connectivity index (χ0n) is 10.6. The average molecular weight is 257 g/mol. The minimum absolute atomic E-state index is 0.137. The first-order valence-electron chi connectivity index (χ1n) is 5.94. The molecular weight excluding hydrogens is 242 g/mol. The van der Waals surface area contributed by atoms with E-state index in [-0.39, 0.29) is 12.6 Å². The van der Waals surface area contributed by atoms with Crippen LogP contribution in [0.1, 0.15) is 17.3 Å². The SMILES string of the molecule is Cc1nccnc1-c1ccc(C(CO)NC=O)cc1. The second kappa shape index (κ2) is 6.06. The van der Waals surface area contributed by atoms with Gasteiger partial charge in [-0.2, -0.15) is 0 Å². The predicted octanol–water partition coefficient (Wildman–Crippen LogP) is 1.23. The molecule has 0 radical (unpaired) electrons. The summed E-state index contributed by atoms with van der Waals surface area (Å²) >= 11 is 0. The van der Waals surface area contributed by atoms with Gasteiger partial charge in [0.1, 0.15) is 0 Å². The normalized spacial score (nSPS) is 11.9. The van der Waals surface area contributed by atoms with Gasteiger partial charge in [0.05, 0.1) is 24.0 Å². The fourth-order valence-electron chi connectivity index (χ4n) is 1.90. The van der Waals surface area contributed by atoms with Crippen molar-refractivity contribution in [1.29, 1.82) is 0 Å². The predicted molar refractivity (Wildman–Crippen MR) is 71.2 cm³/mol. The maximum atomic E-state index is 10.4. The molecule has 0 aliphatic heterocycles. The van der Waals surface area contributed by atoms with Crippen molar-refractivity contribution in [2.45, 2.75) is 13.0 Å². The summed E-state index contributed by atoms with van der Waals surface area (Å²) in [5, 5.41) is 11.8. The van der Waals surface area contributed by atoms with Crippen molar-refractivity contribution >= 4 is 6.41 Å². The van der Waals surface area contributed by atoms with Gasteiger partial charge >= 0.3 is 0 Å². The molecule has 2 N–H and O–H groups in total. The van der Waals surface area contributed by atoms with Gasteiger partial charge in [0.15, 0.2) is 0 Å². The number of benzene rings is 1. The smallest absolute Gasteiger partial charge is 0.207 e. The molecule has 0 bridgehead atoms. The van der Waals surface area contributed by atoms with Crippen LogP contribution in [0.2, 0.25) is 0 Å². The summed E-state index contributed by atoms with van der Waals surface area (Å²) in [4.78, 5) is 18.9. The molecule has 0 aliphatic carbocycles. The van der Waals surface area contributed by atoms with Crippen LogP contribution in [-0.2, 0) is 4.79 Å². The van der Waals surface area contributed by atoms with Crippen LogP contribution in [0.3, 0.4) is 0 Å². The summed E-state index contributed by atoms with van der Waals surface area (Å²) in [5.74, 6) is 0. The molecule has 1 aromatic carbocycles. The Morgan fingerprint density at radius 3 is 2.53 bits per heavy atom. The largest absolute Gasteiger partial charge is 0.394 e. The molecule has 2 aromatic rings. The molecule has 0 fully saturated rings. The summed E-state index contributed by atoms with van der Waals surface area (Å²) in [5.41, 5.74) is 3.50. The fraction of sp³-hybridized carbons (Fsp3) is 0.214. The highest BCUT2D eigenvalue weighted by molar-refractivity contribution is 5.61. The molecule has 2 rings (SSSR count). The summed E-state index contributed by atoms with van der Waals surface area (Å²) in [6.45, 7) is 1.77. The number of aliphatic hydroxyl groups excluding tert-OH is 1. The van der Waals surface area contributed by atoms with Crippen LogP contribution in [0.4, 0.5) is 0 Å². The van der Waals surface area contributed by atoms with Crippen molar-refractivity contribution in [3.63, 3.8) is 0 Å². The van der Waals surface area contributed by atoms with Gasteiger partial charge in [-0.3, -0.25) is 14.8 Å². The number of amides is 1. The highest BCUT2D eigenvalue weighted by Crippen LogP contribution is 2.21. The lowest BCUT2D eigenvalue weighted by Gasteiger charge is -2.14. The Balaban J connectivity index is 2.28. The zero-order chi connectivity index (χ0) is 13.7. The molecule has 0 aliphatic rings. The summed E-state index contributed by atoms with van der Waals surface area (Å²) in [7, 11) is 0. The highest BCUT2D eigenvalue weighted by Gasteiger charge is 2.10. The highest BCUT2D eigenvalue weighted by atomic mass is 16.3. The molecule has 1 unspecified atom stereocenters. The van der Waals surface area contributed by atoms with Crippen LogP contribution in [0.25, 0.3) is 11.3 Å². The van der Waals surface area contributed by atoms with E-state index in [0.29, 0.717) is 6.41 Å². The number of carbonyl (C=O) groups excluding carboxylic acids is 1. The van der Waals surface area contributed by atoms with Gasteiger partial charge in [-0.25, -0.2) is 0 Å². The summed E-state index contributed by atoms with van der Waals surface area (Å²) in [6, 6.07) is 7.15. The number of hydrogen-bond donors (Lipinski definition) is 2. The average Bonchev–Trinajstić information content (AvgIpc) is 2.46. The third-order valence-electron chi connectivity index (χ3n) is 2.92. The molecular formula is C14H15N3O2. The first-order chi connectivity index (χ1) is 9.26. The molecule has 0 saturated heterocycles. The maximum absolute atomic E-state index is 10.4. The monoisotopic (exact) mass is 257 g/mol. The van der Waals surface area contributed by atoms with E-state index < -0.39 is 0 Å². The zero-order valence-corrected chi connectivity index (χ0v) is 10.6. The van der Waals surface area contributed by atoms with E-state index in [1.54, 1.807) is 12.4 Å². The Morgan fingerprint density at radius 1 is 1.26 bits per heavy atom. The van der Waals surface area contributed by atoms with Crippen LogP contribution in [0.5, 0.6) is 0 Å². The lowest BCUT2D eigenvalue weighted by Crippen LogP contribution is -2.22. The Kier molecular flexibility index (Phi) is 4.20. The van der Waals surface area contributed by atoms with Gasteiger partial charge in [0.25, 0.3) is 0 Å². The Hall–Kier alpha value is -2.27. The fourth-order valence-corrected chi connectivity index (χ4v) is 1.90. The van der Waals surface area contributed by atoms with Crippen LogP contribution in [0.15, 0.2) is 36.7 Å². The minimum atomic E-state index is -0.380. The van der Waals surface area contributed by atoms with Gasteiger partial charge < -0.3 is 10.4 Å². The number of nitrogens with one attached hydrogen (secondary N) is 1. The number of carbonyl (C=O) groups is 1. The standard InChI is InChI=1S/C14H15N3O2/c1-10-14(16-7-6-15-10)12-4-2-11(3-5-12)13(8-18)17-9-19/h2-7,9,13,18H,8H2,1H3,(H,17,19). The van der Waals surface area contributed by atoms with E-state index in [1.165, 1.54) is 0 Å². The summed E-state index contributed by atoms with van der Waals surface area (Å²) < 4.78 is 0. The molecule has 5 nitrogen and oxygen atoms in total. The van der Waals surface area contributed by atoms with Gasteiger partial charge in [0, 0.05) is 18.0 Å². The molecule has 98 valence electrons. The maximum Gasteiger partial charge on any atom is 0.207 e. The molecule has 1 aromatic heterocycles. The van der Waals surface area contributed by atoms with Crippen LogP contribution in [-0.4, -0.2) is 28.1 Å². The number of nitrogens with zero attached hydrogens (tertiary/aromatic N) is 2. The van der Waals surface area contributed by atoms with Crippen molar-refractivity contribution in [3.05, 3.63) is 47.9 Å². The van der Waals surface area contributed by atoms with E-state index in [4.69, 9.17) is 0 Å². The van der Waals surface area contributed by atoms with Crippen LogP contribution in [0, 0.1) is 6.92 Å². The first kappa shape index (κ1) is 13.2. The lowest BCUT2D eigenvalue weighted by atomic mass is 10.0. The molecule has 1 atom stereocenters. The molecule has 1 amide bonds. The third kappa shape index (κ3) is 2.95. The third-order valence-corrected chi connectivity index (χ3v) is 2.92. The lowest BCUT2D eigenvalue weighted by molar-refractivity contribution is -0.110. The molecule has 1 heterocycles. The van der Waals surface area contributed by atoms with Gasteiger partial charge in [-0.1, -0.05) is 24.3 Å². The topological polar surface area (TPSA) is 75.1 Å². The number of hydrogen-bond acceptors (Lipinski definition) is 4. The Bertz CT molecular complexity index is 555. The quantitative estimate of drug-likeness (QED) is 0.790. The number of aliphatic hydroxyl groups is 1. The number of rotatable bonds is 5. The van der Waals surface area contributed by atoms with Crippen molar-refractivity contribution in [2.75, 3.05) is 6.61 Å². The molecule has 0 spiro atoms. The summed E-state index contributed by atoms with van der Waals surface area (Å²) in [6.07, 6.45) is 3.89. The van der Waals surface area contributed by atoms with Crippen molar-refractivity contribution in [1.82, 2.24) is 15.3 Å². The number of aryl methyl sites for hydroxylation is 1. The molecule has 19 heavy (non-hydrogen) atoms. The van der Waals surface area contributed by atoms with Gasteiger partial charge in [-0.05, 0) is 12.5 Å². The Labute approximate surface area is 111 Å². The molecule has 5 heteroatoms. The number of aromatic nitrogens is 2. The van der Waals surface area contributed by atoms with E-state index in [1.807, 2.05) is 31.2 Å². The van der Waals surface area contributed by atoms with Crippen molar-refractivity contribution < 1.29 is 9.90 Å². The first-order valence-corrected chi connectivity index (χ1v) is 5.94. The van der Waals surface area contributed by atoms with Crippen molar-refractivity contribution in [3.8, 4) is 11.3 Å². The Morgan fingerprint density at radius 2 is 1.95 bits per heavy atom. The van der Waals surface area contributed by atoms with E-state index >= 15 is 0 Å². The van der Waals surface area contributed by atoms with Gasteiger partial charge in [-0.15, -0.1) is 0 Å². The van der Waals surface area contributed by atoms with Gasteiger partial charge in [0.2, 0.25) is 6.41 Å². The van der Waals surface area contributed by atoms with E-state index in [0.717, 1.165) is 22.5 Å². The van der Waals surface area contributed by atoms with Crippen LogP contribution >= 0.6 is 0 Å². The van der Waals surface area contributed by atoms with E-state index in [9.17, 15) is 9.90 Å². The molecule has 0 saturated carbocycles. The van der Waals surface area contributed by atoms with Crippen molar-refractivity contribution in [2.24, 2.45) is 0 Å². The van der Waals surface area contributed by atoms with Crippen LogP contribution < -0.4 is 5.32 Å². The second-order valence-corrected chi connectivity index (χ2v) is 4.13. The minimum Gasteiger partial charge on any atom is -0.394 e. The second-order valence-electron chi connectivity index (χ2n) is 4.13.